The molecule has 3 nitrogen and oxygen atoms in total. The first-order valence-corrected chi connectivity index (χ1v) is 7.99. The van der Waals surface area contributed by atoms with E-state index in [1.807, 2.05) is 56.6 Å². The predicted octanol–water partition coefficient (Wildman–Crippen LogP) is 3.45. The van der Waals surface area contributed by atoms with Gasteiger partial charge in [0.15, 0.2) is 0 Å². The van der Waals surface area contributed by atoms with Gasteiger partial charge in [0.2, 0.25) is 0 Å². The highest BCUT2D eigenvalue weighted by Crippen LogP contribution is 2.42. The number of rotatable bonds is 4. The Labute approximate surface area is 137 Å². The van der Waals surface area contributed by atoms with Gasteiger partial charge < -0.3 is 15.1 Å². The topological polar surface area (TPSA) is 43.7 Å². The van der Waals surface area contributed by atoms with Crippen LogP contribution in [-0.4, -0.2) is 35.8 Å². The molecule has 0 fully saturated rings. The number of hydrogen-bond donors (Lipinski definition) is 2. The second kappa shape index (κ2) is 6.19. The van der Waals surface area contributed by atoms with Crippen LogP contribution < -0.4 is 0 Å². The Morgan fingerprint density at radius 1 is 0.957 bits per heavy atom. The number of fused-ring (bicyclic) bond motifs is 2. The van der Waals surface area contributed by atoms with Gasteiger partial charge in [-0.15, -0.1) is 0 Å². The van der Waals surface area contributed by atoms with Crippen LogP contribution in [0.5, 0.6) is 5.75 Å². The predicted molar refractivity (Wildman–Crippen MR) is 94.3 cm³/mol. The molecule has 3 rings (SSSR count). The van der Waals surface area contributed by atoms with Gasteiger partial charge in [-0.25, -0.2) is 0 Å². The van der Waals surface area contributed by atoms with E-state index in [2.05, 4.69) is 4.90 Å². The van der Waals surface area contributed by atoms with E-state index in [0.29, 0.717) is 6.42 Å². The molecule has 0 saturated carbocycles. The third kappa shape index (κ3) is 3.03. The molecule has 0 saturated heterocycles. The fraction of sp³-hybridized carbons (Fsp3) is 0.300. The quantitative estimate of drug-likeness (QED) is 0.909. The zero-order valence-corrected chi connectivity index (χ0v) is 13.7. The molecule has 2 aromatic carbocycles. The molecule has 0 aromatic heterocycles. The Morgan fingerprint density at radius 3 is 2.39 bits per heavy atom. The molecule has 0 aliphatic heterocycles. The number of phenolic OH excluding ortho intramolecular Hbond substituents is 1. The Hall–Kier alpha value is -2.10. The zero-order valence-electron chi connectivity index (χ0n) is 13.7. The lowest BCUT2D eigenvalue weighted by Gasteiger charge is -2.31. The third-order valence-corrected chi connectivity index (χ3v) is 4.48. The standard InChI is InChI=1S/C20H23NO2/c1-21(2)13-5-12-20(23)18-7-4-3-6-15(18)8-9-16-10-11-17(22)14-19(16)20/h3-4,6-11,14,22-23H,5,12-13H2,1-2H3/t20-/m0/s1. The van der Waals surface area contributed by atoms with Crippen LogP contribution >= 0.6 is 0 Å². The van der Waals surface area contributed by atoms with E-state index in [4.69, 9.17) is 0 Å². The van der Waals surface area contributed by atoms with Crippen molar-refractivity contribution in [1.29, 1.82) is 0 Å². The maximum absolute atomic E-state index is 11.6. The van der Waals surface area contributed by atoms with Crippen LogP contribution in [0.4, 0.5) is 0 Å². The number of nitrogens with zero attached hydrogens (tertiary/aromatic N) is 1. The summed E-state index contributed by atoms with van der Waals surface area (Å²) in [6.07, 6.45) is 5.53. The number of aromatic hydroxyl groups is 1. The molecule has 3 heteroatoms. The van der Waals surface area contributed by atoms with Gasteiger partial charge in [-0.3, -0.25) is 0 Å². The lowest BCUT2D eigenvalue weighted by atomic mass is 9.80. The van der Waals surface area contributed by atoms with Crippen molar-refractivity contribution >= 4 is 12.2 Å². The van der Waals surface area contributed by atoms with E-state index in [1.165, 1.54) is 0 Å². The fourth-order valence-electron chi connectivity index (χ4n) is 3.31. The minimum absolute atomic E-state index is 0.183. The van der Waals surface area contributed by atoms with Gasteiger partial charge in [-0.1, -0.05) is 42.5 Å². The summed E-state index contributed by atoms with van der Waals surface area (Å²) in [5, 5.41) is 21.6. The average molecular weight is 309 g/mol. The lowest BCUT2D eigenvalue weighted by Crippen LogP contribution is -2.30. The fourth-order valence-corrected chi connectivity index (χ4v) is 3.31. The first-order chi connectivity index (χ1) is 11.0. The van der Waals surface area contributed by atoms with Crippen LogP contribution in [0.1, 0.15) is 35.1 Å². The van der Waals surface area contributed by atoms with Gasteiger partial charge in [0.05, 0.1) is 0 Å². The molecule has 1 aliphatic carbocycles. The van der Waals surface area contributed by atoms with E-state index in [9.17, 15) is 10.2 Å². The minimum atomic E-state index is -1.09. The summed E-state index contributed by atoms with van der Waals surface area (Å²) in [7, 11) is 4.07. The number of aliphatic hydroxyl groups is 1. The van der Waals surface area contributed by atoms with Crippen molar-refractivity contribution in [2.75, 3.05) is 20.6 Å². The number of benzene rings is 2. The summed E-state index contributed by atoms with van der Waals surface area (Å²) in [5.41, 5.74) is 2.56. The molecular formula is C20H23NO2. The van der Waals surface area contributed by atoms with Crippen LogP contribution in [0.25, 0.3) is 12.2 Å². The van der Waals surface area contributed by atoms with Crippen LogP contribution in [0.2, 0.25) is 0 Å². The maximum Gasteiger partial charge on any atom is 0.116 e. The average Bonchev–Trinajstić information content (AvgIpc) is 2.64. The third-order valence-electron chi connectivity index (χ3n) is 4.48. The van der Waals surface area contributed by atoms with Crippen LogP contribution in [0, 0.1) is 0 Å². The van der Waals surface area contributed by atoms with Gasteiger partial charge in [0.1, 0.15) is 11.4 Å². The summed E-state index contributed by atoms with van der Waals surface area (Å²) in [5.74, 6) is 0.183. The van der Waals surface area contributed by atoms with Crippen molar-refractivity contribution in [3.63, 3.8) is 0 Å². The molecule has 0 spiro atoms. The molecule has 1 aliphatic rings. The Bertz CT molecular complexity index is 736. The lowest BCUT2D eigenvalue weighted by molar-refractivity contribution is 0.0661. The van der Waals surface area contributed by atoms with E-state index in [1.54, 1.807) is 12.1 Å². The highest BCUT2D eigenvalue weighted by atomic mass is 16.3. The molecular weight excluding hydrogens is 286 g/mol. The number of hydrogen-bond acceptors (Lipinski definition) is 3. The molecule has 0 heterocycles. The Balaban J connectivity index is 2.12. The highest BCUT2D eigenvalue weighted by molar-refractivity contribution is 5.77. The molecule has 23 heavy (non-hydrogen) atoms. The van der Waals surface area contributed by atoms with Crippen LogP contribution in [0.3, 0.4) is 0 Å². The van der Waals surface area contributed by atoms with E-state index >= 15 is 0 Å². The van der Waals surface area contributed by atoms with Crippen molar-refractivity contribution in [3.8, 4) is 5.75 Å². The van der Waals surface area contributed by atoms with Crippen molar-refractivity contribution in [1.82, 2.24) is 4.90 Å². The first kappa shape index (κ1) is 15.8. The molecule has 0 amide bonds. The van der Waals surface area contributed by atoms with E-state index < -0.39 is 5.60 Å². The normalized spacial score (nSPS) is 19.3. The Kier molecular flexibility index (Phi) is 4.24. The van der Waals surface area contributed by atoms with Crippen molar-refractivity contribution < 1.29 is 10.2 Å². The zero-order chi connectivity index (χ0) is 16.4. The molecule has 1 atom stereocenters. The van der Waals surface area contributed by atoms with Crippen molar-refractivity contribution in [3.05, 3.63) is 64.7 Å². The molecule has 0 radical (unpaired) electrons. The largest absolute Gasteiger partial charge is 0.508 e. The summed E-state index contributed by atoms with van der Waals surface area (Å²) >= 11 is 0. The molecule has 2 aromatic rings. The van der Waals surface area contributed by atoms with Gasteiger partial charge in [0.25, 0.3) is 0 Å². The van der Waals surface area contributed by atoms with Crippen LogP contribution in [-0.2, 0) is 5.60 Å². The summed E-state index contributed by atoms with van der Waals surface area (Å²) in [4.78, 5) is 2.12. The van der Waals surface area contributed by atoms with Crippen molar-refractivity contribution in [2.45, 2.75) is 18.4 Å². The van der Waals surface area contributed by atoms with E-state index in [-0.39, 0.29) is 5.75 Å². The smallest absolute Gasteiger partial charge is 0.116 e. The summed E-state index contributed by atoms with van der Waals surface area (Å²) in [6.45, 7) is 0.909. The highest BCUT2D eigenvalue weighted by Gasteiger charge is 2.35. The van der Waals surface area contributed by atoms with Gasteiger partial charge in [0, 0.05) is 0 Å². The summed E-state index contributed by atoms with van der Waals surface area (Å²) in [6, 6.07) is 13.2. The number of phenols is 1. The van der Waals surface area contributed by atoms with Gasteiger partial charge in [-0.2, -0.15) is 0 Å². The monoisotopic (exact) mass is 309 g/mol. The van der Waals surface area contributed by atoms with Gasteiger partial charge in [-0.05, 0) is 67.9 Å². The second-order valence-corrected chi connectivity index (χ2v) is 6.46. The molecule has 2 N–H and O–H groups in total. The first-order valence-electron chi connectivity index (χ1n) is 7.99. The Morgan fingerprint density at radius 2 is 1.65 bits per heavy atom. The molecule has 120 valence electrons. The van der Waals surface area contributed by atoms with Crippen LogP contribution in [0.15, 0.2) is 42.5 Å². The molecule has 0 unspecified atom stereocenters. The minimum Gasteiger partial charge on any atom is -0.508 e. The van der Waals surface area contributed by atoms with E-state index in [0.717, 1.165) is 35.2 Å². The summed E-state index contributed by atoms with van der Waals surface area (Å²) < 4.78 is 0. The van der Waals surface area contributed by atoms with Gasteiger partial charge >= 0.3 is 0 Å². The second-order valence-electron chi connectivity index (χ2n) is 6.46. The molecule has 0 bridgehead atoms. The van der Waals surface area contributed by atoms with Crippen molar-refractivity contribution in [2.24, 2.45) is 0 Å². The SMILES string of the molecule is CN(C)CCC[C@]1(O)c2ccccc2C=Cc2ccc(O)cc21. The maximum atomic E-state index is 11.6.